The van der Waals surface area contributed by atoms with Crippen LogP contribution in [0.5, 0.6) is 0 Å². The maximum atomic E-state index is 2.57. The molecular formula is C21H30. The summed E-state index contributed by atoms with van der Waals surface area (Å²) in [7, 11) is 0. The Morgan fingerprint density at radius 1 is 0.762 bits per heavy atom. The van der Waals surface area contributed by atoms with Crippen LogP contribution >= 0.6 is 0 Å². The highest BCUT2D eigenvalue weighted by molar-refractivity contribution is 5.37. The molecule has 0 radical (unpaired) electrons. The van der Waals surface area contributed by atoms with Gasteiger partial charge in [0.2, 0.25) is 0 Å². The van der Waals surface area contributed by atoms with Crippen molar-refractivity contribution in [3.63, 3.8) is 0 Å². The van der Waals surface area contributed by atoms with E-state index < -0.39 is 0 Å². The number of hydrogen-bond acceptors (Lipinski definition) is 0. The highest BCUT2D eigenvalue weighted by Gasteiger charge is 2.30. The fourth-order valence-electron chi connectivity index (χ4n) is 5.46. The zero-order valence-corrected chi connectivity index (χ0v) is 13.6. The van der Waals surface area contributed by atoms with E-state index in [1.807, 2.05) is 0 Å². The molecule has 114 valence electrons. The Hall–Kier alpha value is -0.780. The van der Waals surface area contributed by atoms with Gasteiger partial charge in [-0.3, -0.25) is 0 Å². The van der Waals surface area contributed by atoms with E-state index in [9.17, 15) is 0 Å². The third-order valence-corrected chi connectivity index (χ3v) is 6.68. The third-order valence-electron chi connectivity index (χ3n) is 6.68. The molecule has 1 aromatic carbocycles. The minimum atomic E-state index is 0.865. The quantitative estimate of drug-likeness (QED) is 0.635. The molecule has 21 heavy (non-hydrogen) atoms. The van der Waals surface area contributed by atoms with E-state index in [1.54, 1.807) is 16.7 Å². The molecule has 1 unspecified atom stereocenters. The molecule has 1 aromatic rings. The second-order valence-corrected chi connectivity index (χ2v) is 8.20. The standard InChI is InChI=1S/C21H30/c1-15-12-19-10-11-20(14-21(19)13-15)18-8-6-17(7-9-18)16-4-2-3-5-16/h10-11,14-18H,2-9,12-13H2,1H3. The van der Waals surface area contributed by atoms with E-state index in [4.69, 9.17) is 0 Å². The maximum absolute atomic E-state index is 2.57. The van der Waals surface area contributed by atoms with Gasteiger partial charge in [0.1, 0.15) is 0 Å². The van der Waals surface area contributed by atoms with Crippen LogP contribution in [0.25, 0.3) is 0 Å². The number of rotatable bonds is 2. The molecule has 2 saturated carbocycles. The summed E-state index contributed by atoms with van der Waals surface area (Å²) in [6, 6.07) is 7.47. The van der Waals surface area contributed by atoms with Crippen LogP contribution in [0.15, 0.2) is 18.2 Å². The largest absolute Gasteiger partial charge is 0.0619 e. The van der Waals surface area contributed by atoms with Gasteiger partial charge in [0.25, 0.3) is 0 Å². The first kappa shape index (κ1) is 13.9. The van der Waals surface area contributed by atoms with Crippen molar-refractivity contribution in [2.45, 2.75) is 77.0 Å². The Kier molecular flexibility index (Phi) is 3.81. The Morgan fingerprint density at radius 3 is 2.19 bits per heavy atom. The highest BCUT2D eigenvalue weighted by atomic mass is 14.4. The third kappa shape index (κ3) is 2.79. The van der Waals surface area contributed by atoms with Crippen LogP contribution in [0.2, 0.25) is 0 Å². The molecule has 1 atom stereocenters. The molecule has 0 amide bonds. The SMILES string of the molecule is CC1Cc2ccc(C3CCC(C4CCCC4)CC3)cc2C1. The lowest BCUT2D eigenvalue weighted by atomic mass is 9.73. The molecule has 0 heteroatoms. The Morgan fingerprint density at radius 2 is 1.43 bits per heavy atom. The van der Waals surface area contributed by atoms with Crippen molar-refractivity contribution in [2.75, 3.05) is 0 Å². The molecule has 3 aliphatic carbocycles. The summed E-state index contributed by atoms with van der Waals surface area (Å²) in [5.41, 5.74) is 4.96. The van der Waals surface area contributed by atoms with Crippen LogP contribution in [-0.4, -0.2) is 0 Å². The van der Waals surface area contributed by atoms with E-state index >= 15 is 0 Å². The van der Waals surface area contributed by atoms with Gasteiger partial charge in [-0.05, 0) is 78.9 Å². The average molecular weight is 282 g/mol. The molecule has 0 aromatic heterocycles. The summed E-state index contributed by atoms with van der Waals surface area (Å²) in [6.07, 6.45) is 14.6. The molecule has 4 rings (SSSR count). The summed E-state index contributed by atoms with van der Waals surface area (Å²) < 4.78 is 0. The Balaban J connectivity index is 1.41. The van der Waals surface area contributed by atoms with Gasteiger partial charge in [0.05, 0.1) is 0 Å². The smallest absolute Gasteiger partial charge is 0.0162 e. The predicted octanol–water partition coefficient (Wildman–Crippen LogP) is 5.89. The van der Waals surface area contributed by atoms with Gasteiger partial charge in [-0.1, -0.05) is 50.8 Å². The maximum Gasteiger partial charge on any atom is -0.0162 e. The first-order valence-corrected chi connectivity index (χ1v) is 9.41. The van der Waals surface area contributed by atoms with E-state index in [2.05, 4.69) is 25.1 Å². The number of hydrogen-bond donors (Lipinski definition) is 0. The minimum Gasteiger partial charge on any atom is -0.0619 e. The average Bonchev–Trinajstić information content (AvgIpc) is 3.15. The van der Waals surface area contributed by atoms with Crippen molar-refractivity contribution >= 4 is 0 Å². The van der Waals surface area contributed by atoms with Gasteiger partial charge in [0, 0.05) is 0 Å². The lowest BCUT2D eigenvalue weighted by Gasteiger charge is -2.32. The molecule has 0 aliphatic heterocycles. The van der Waals surface area contributed by atoms with E-state index in [0.717, 1.165) is 23.7 Å². The summed E-state index contributed by atoms with van der Waals surface area (Å²) in [4.78, 5) is 0. The summed E-state index contributed by atoms with van der Waals surface area (Å²) >= 11 is 0. The zero-order valence-electron chi connectivity index (χ0n) is 13.6. The molecule has 0 saturated heterocycles. The topological polar surface area (TPSA) is 0 Å². The van der Waals surface area contributed by atoms with Crippen LogP contribution in [-0.2, 0) is 12.8 Å². The van der Waals surface area contributed by atoms with Crippen molar-refractivity contribution in [2.24, 2.45) is 17.8 Å². The van der Waals surface area contributed by atoms with E-state index in [0.29, 0.717) is 0 Å². The summed E-state index contributed by atoms with van der Waals surface area (Å²) in [5.74, 6) is 3.89. The molecule has 0 nitrogen and oxygen atoms in total. The molecule has 0 spiro atoms. The van der Waals surface area contributed by atoms with Crippen molar-refractivity contribution in [1.29, 1.82) is 0 Å². The molecular weight excluding hydrogens is 252 g/mol. The lowest BCUT2D eigenvalue weighted by molar-refractivity contribution is 0.235. The predicted molar refractivity (Wildman–Crippen MR) is 89.7 cm³/mol. The van der Waals surface area contributed by atoms with Gasteiger partial charge >= 0.3 is 0 Å². The highest BCUT2D eigenvalue weighted by Crippen LogP contribution is 2.44. The molecule has 3 aliphatic rings. The monoisotopic (exact) mass is 282 g/mol. The van der Waals surface area contributed by atoms with E-state index in [1.165, 1.54) is 64.2 Å². The minimum absolute atomic E-state index is 0.865. The lowest BCUT2D eigenvalue weighted by Crippen LogP contribution is -2.19. The fraction of sp³-hybridized carbons (Fsp3) is 0.714. The zero-order chi connectivity index (χ0) is 14.2. The Labute approximate surface area is 130 Å². The number of benzene rings is 1. The summed E-state index contributed by atoms with van der Waals surface area (Å²) in [5, 5.41) is 0. The number of fused-ring (bicyclic) bond motifs is 1. The van der Waals surface area contributed by atoms with Gasteiger partial charge in [-0.2, -0.15) is 0 Å². The van der Waals surface area contributed by atoms with Gasteiger partial charge < -0.3 is 0 Å². The van der Waals surface area contributed by atoms with E-state index in [-0.39, 0.29) is 0 Å². The molecule has 0 N–H and O–H groups in total. The second kappa shape index (κ2) is 5.78. The van der Waals surface area contributed by atoms with Crippen LogP contribution in [0.4, 0.5) is 0 Å². The van der Waals surface area contributed by atoms with Gasteiger partial charge in [-0.15, -0.1) is 0 Å². The van der Waals surface area contributed by atoms with Crippen molar-refractivity contribution in [1.82, 2.24) is 0 Å². The first-order valence-electron chi connectivity index (χ1n) is 9.41. The summed E-state index contributed by atoms with van der Waals surface area (Å²) in [6.45, 7) is 2.40. The molecule has 2 fully saturated rings. The normalized spacial score (nSPS) is 33.3. The first-order chi connectivity index (χ1) is 10.3. The second-order valence-electron chi connectivity index (χ2n) is 8.20. The van der Waals surface area contributed by atoms with Crippen molar-refractivity contribution in [3.05, 3.63) is 34.9 Å². The fourth-order valence-corrected chi connectivity index (χ4v) is 5.46. The van der Waals surface area contributed by atoms with Crippen LogP contribution in [0, 0.1) is 17.8 Å². The van der Waals surface area contributed by atoms with Crippen molar-refractivity contribution in [3.8, 4) is 0 Å². The molecule has 0 bridgehead atoms. The van der Waals surface area contributed by atoms with Gasteiger partial charge in [-0.25, -0.2) is 0 Å². The van der Waals surface area contributed by atoms with Crippen LogP contribution in [0.3, 0.4) is 0 Å². The molecule has 0 heterocycles. The van der Waals surface area contributed by atoms with Crippen molar-refractivity contribution < 1.29 is 0 Å². The van der Waals surface area contributed by atoms with Crippen LogP contribution in [0.1, 0.15) is 80.9 Å². The van der Waals surface area contributed by atoms with Crippen LogP contribution < -0.4 is 0 Å². The Bertz CT molecular complexity index is 487. The van der Waals surface area contributed by atoms with Gasteiger partial charge in [0.15, 0.2) is 0 Å².